The van der Waals surface area contributed by atoms with Gasteiger partial charge in [0, 0.05) is 12.6 Å². The maximum absolute atomic E-state index is 8.87. The Hall–Kier alpha value is -0.0800. The summed E-state index contributed by atoms with van der Waals surface area (Å²) in [6.07, 6.45) is 6.49. The van der Waals surface area contributed by atoms with E-state index >= 15 is 0 Å². The molecular formula is C12H25NO. The molecule has 2 heteroatoms. The molecule has 14 heavy (non-hydrogen) atoms. The zero-order chi connectivity index (χ0) is 10.4. The van der Waals surface area contributed by atoms with E-state index in [-0.39, 0.29) is 0 Å². The molecule has 0 amide bonds. The molecule has 0 aromatic heterocycles. The highest BCUT2D eigenvalue weighted by Crippen LogP contribution is 2.24. The van der Waals surface area contributed by atoms with Gasteiger partial charge in [-0.25, -0.2) is 0 Å². The van der Waals surface area contributed by atoms with E-state index in [2.05, 4.69) is 19.2 Å². The van der Waals surface area contributed by atoms with Gasteiger partial charge in [-0.15, -0.1) is 0 Å². The van der Waals surface area contributed by atoms with Crippen molar-refractivity contribution in [3.05, 3.63) is 0 Å². The third-order valence-electron chi connectivity index (χ3n) is 3.45. The molecule has 2 N–H and O–H groups in total. The van der Waals surface area contributed by atoms with E-state index in [9.17, 15) is 0 Å². The van der Waals surface area contributed by atoms with Crippen LogP contribution in [0.25, 0.3) is 0 Å². The Morgan fingerprint density at radius 1 is 1.43 bits per heavy atom. The first-order valence-electron chi connectivity index (χ1n) is 6.08. The summed E-state index contributed by atoms with van der Waals surface area (Å²) in [5.74, 6) is 1.34. The van der Waals surface area contributed by atoms with Crippen LogP contribution in [-0.4, -0.2) is 24.3 Å². The first-order chi connectivity index (χ1) is 6.74. The summed E-state index contributed by atoms with van der Waals surface area (Å²) in [6.45, 7) is 5.92. The van der Waals surface area contributed by atoms with Crippen molar-refractivity contribution in [1.29, 1.82) is 0 Å². The molecule has 0 spiro atoms. The first kappa shape index (κ1) is 12.0. The summed E-state index contributed by atoms with van der Waals surface area (Å²) in [6, 6.07) is 0.763. The number of aliphatic hydroxyl groups is 1. The Labute approximate surface area is 88.1 Å². The number of rotatable bonds is 6. The fourth-order valence-corrected chi connectivity index (χ4v) is 2.28. The van der Waals surface area contributed by atoms with Crippen molar-refractivity contribution in [3.8, 4) is 0 Å². The summed E-state index contributed by atoms with van der Waals surface area (Å²) in [4.78, 5) is 0. The van der Waals surface area contributed by atoms with Gasteiger partial charge in [-0.05, 0) is 44.1 Å². The van der Waals surface area contributed by atoms with Gasteiger partial charge in [-0.2, -0.15) is 0 Å². The van der Waals surface area contributed by atoms with Gasteiger partial charge in [-0.1, -0.05) is 20.3 Å². The second kappa shape index (κ2) is 6.41. The molecule has 0 aliphatic heterocycles. The van der Waals surface area contributed by atoms with E-state index in [0.29, 0.717) is 12.5 Å². The van der Waals surface area contributed by atoms with Crippen LogP contribution in [0.15, 0.2) is 0 Å². The molecule has 84 valence electrons. The highest BCUT2D eigenvalue weighted by Gasteiger charge is 2.21. The molecule has 0 bridgehead atoms. The van der Waals surface area contributed by atoms with Crippen LogP contribution in [0.4, 0.5) is 0 Å². The van der Waals surface area contributed by atoms with Crippen LogP contribution in [0.2, 0.25) is 0 Å². The van der Waals surface area contributed by atoms with Crippen molar-refractivity contribution in [3.63, 3.8) is 0 Å². The van der Waals surface area contributed by atoms with Crippen LogP contribution in [0.3, 0.4) is 0 Å². The fourth-order valence-electron chi connectivity index (χ4n) is 2.28. The smallest absolute Gasteiger partial charge is 0.0456 e. The average molecular weight is 199 g/mol. The summed E-state index contributed by atoms with van der Waals surface area (Å²) >= 11 is 0. The molecule has 1 saturated carbocycles. The normalized spacial score (nSPS) is 29.4. The van der Waals surface area contributed by atoms with Gasteiger partial charge < -0.3 is 10.4 Å². The molecule has 0 radical (unpaired) electrons. The monoisotopic (exact) mass is 199 g/mol. The zero-order valence-corrected chi connectivity index (χ0v) is 9.63. The predicted octanol–water partition coefficient (Wildman–Crippen LogP) is 2.17. The Morgan fingerprint density at radius 2 is 2.21 bits per heavy atom. The van der Waals surface area contributed by atoms with Gasteiger partial charge in [0.1, 0.15) is 0 Å². The molecule has 1 aliphatic rings. The second-order valence-corrected chi connectivity index (χ2v) is 4.90. The Morgan fingerprint density at radius 3 is 2.79 bits per heavy atom. The van der Waals surface area contributed by atoms with Gasteiger partial charge in [0.15, 0.2) is 0 Å². The van der Waals surface area contributed by atoms with E-state index < -0.39 is 0 Å². The molecule has 0 aromatic rings. The quantitative estimate of drug-likeness (QED) is 0.643. The predicted molar refractivity (Wildman–Crippen MR) is 60.3 cm³/mol. The van der Waals surface area contributed by atoms with E-state index in [0.717, 1.165) is 24.9 Å². The number of hydrogen-bond donors (Lipinski definition) is 2. The summed E-state index contributed by atoms with van der Waals surface area (Å²) in [7, 11) is 0. The standard InChI is InChI=1S/C12H25NO/c1-10(9-14)5-4-8-13-12-7-3-6-11(12)2/h10-14H,3-9H2,1-2H3. The van der Waals surface area contributed by atoms with Gasteiger partial charge in [0.05, 0.1) is 0 Å². The third kappa shape index (κ3) is 3.97. The van der Waals surface area contributed by atoms with Crippen molar-refractivity contribution in [2.75, 3.05) is 13.2 Å². The largest absolute Gasteiger partial charge is 0.396 e. The second-order valence-electron chi connectivity index (χ2n) is 4.90. The molecule has 0 saturated heterocycles. The Kier molecular flexibility index (Phi) is 5.49. The van der Waals surface area contributed by atoms with Gasteiger partial charge in [0.25, 0.3) is 0 Å². The summed E-state index contributed by atoms with van der Waals surface area (Å²) in [5, 5.41) is 12.5. The van der Waals surface area contributed by atoms with E-state index in [4.69, 9.17) is 5.11 Å². The van der Waals surface area contributed by atoms with Crippen LogP contribution >= 0.6 is 0 Å². The van der Waals surface area contributed by atoms with Gasteiger partial charge >= 0.3 is 0 Å². The minimum Gasteiger partial charge on any atom is -0.396 e. The number of hydrogen-bond acceptors (Lipinski definition) is 2. The van der Waals surface area contributed by atoms with Gasteiger partial charge in [-0.3, -0.25) is 0 Å². The highest BCUT2D eigenvalue weighted by molar-refractivity contribution is 4.79. The molecule has 1 aliphatic carbocycles. The number of aliphatic hydroxyl groups excluding tert-OH is 1. The zero-order valence-electron chi connectivity index (χ0n) is 9.63. The molecule has 1 rings (SSSR count). The highest BCUT2D eigenvalue weighted by atomic mass is 16.3. The van der Waals surface area contributed by atoms with Crippen molar-refractivity contribution in [1.82, 2.24) is 5.32 Å². The fraction of sp³-hybridized carbons (Fsp3) is 1.00. The minimum absolute atomic E-state index is 0.333. The van der Waals surface area contributed by atoms with Crippen molar-refractivity contribution in [2.45, 2.75) is 52.0 Å². The molecule has 1 fully saturated rings. The van der Waals surface area contributed by atoms with Crippen molar-refractivity contribution in [2.24, 2.45) is 11.8 Å². The van der Waals surface area contributed by atoms with E-state index in [1.54, 1.807) is 0 Å². The van der Waals surface area contributed by atoms with Crippen molar-refractivity contribution < 1.29 is 5.11 Å². The lowest BCUT2D eigenvalue weighted by atomic mass is 10.0. The molecule has 2 nitrogen and oxygen atoms in total. The topological polar surface area (TPSA) is 32.3 Å². The summed E-state index contributed by atoms with van der Waals surface area (Å²) < 4.78 is 0. The lowest BCUT2D eigenvalue weighted by molar-refractivity contribution is 0.227. The number of nitrogens with one attached hydrogen (secondary N) is 1. The molecule has 3 unspecified atom stereocenters. The lowest BCUT2D eigenvalue weighted by Crippen LogP contribution is -2.32. The minimum atomic E-state index is 0.333. The lowest BCUT2D eigenvalue weighted by Gasteiger charge is -2.17. The van der Waals surface area contributed by atoms with Crippen LogP contribution < -0.4 is 5.32 Å². The maximum Gasteiger partial charge on any atom is 0.0456 e. The summed E-state index contributed by atoms with van der Waals surface area (Å²) in [5.41, 5.74) is 0. The molecule has 3 atom stereocenters. The third-order valence-corrected chi connectivity index (χ3v) is 3.45. The van der Waals surface area contributed by atoms with Crippen LogP contribution in [0.1, 0.15) is 46.0 Å². The maximum atomic E-state index is 8.87. The molecular weight excluding hydrogens is 174 g/mol. The molecule has 0 heterocycles. The van der Waals surface area contributed by atoms with Crippen molar-refractivity contribution >= 4 is 0 Å². The van der Waals surface area contributed by atoms with Gasteiger partial charge in [0.2, 0.25) is 0 Å². The Balaban J connectivity index is 1.98. The van der Waals surface area contributed by atoms with E-state index in [1.807, 2.05) is 0 Å². The molecule has 0 aromatic carbocycles. The van der Waals surface area contributed by atoms with Crippen LogP contribution in [0.5, 0.6) is 0 Å². The van der Waals surface area contributed by atoms with E-state index in [1.165, 1.54) is 25.7 Å². The average Bonchev–Trinajstić information content (AvgIpc) is 2.58. The first-order valence-corrected chi connectivity index (χ1v) is 6.08. The van der Waals surface area contributed by atoms with Crippen LogP contribution in [-0.2, 0) is 0 Å². The SMILES string of the molecule is CC(CO)CCCNC1CCCC1C. The van der Waals surface area contributed by atoms with Crippen LogP contribution in [0, 0.1) is 11.8 Å². The Bertz CT molecular complexity index is 149.